The van der Waals surface area contributed by atoms with Gasteiger partial charge in [-0.25, -0.2) is 0 Å². The Kier molecular flexibility index (Phi) is 5.88. The Balaban J connectivity index is 2.16. The van der Waals surface area contributed by atoms with E-state index in [1.807, 2.05) is 30.3 Å². The van der Waals surface area contributed by atoms with Crippen LogP contribution in [0.15, 0.2) is 61.2 Å². The zero-order valence-corrected chi connectivity index (χ0v) is 12.7. The van der Waals surface area contributed by atoms with Crippen LogP contribution in [0, 0.1) is 10.1 Å². The number of nitro groups is 1. The van der Waals surface area contributed by atoms with Gasteiger partial charge in [-0.2, -0.15) is 0 Å². The molecular weight excluding hydrogens is 294 g/mol. The van der Waals surface area contributed by atoms with Crippen LogP contribution in [-0.4, -0.2) is 10.0 Å². The lowest BCUT2D eigenvalue weighted by molar-refractivity contribution is -0.386. The molecular formula is C18H19NO4. The molecule has 5 nitrogen and oxygen atoms in total. The number of nitro benzene ring substituents is 1. The standard InChI is InChI=1S/C18H19NO4/c1-2-3-9-17(20)15-10-11-18(16(12-15)19(21)22)23-13-14-7-5-4-6-8-14/h2,4-8,10-12,17,20H,1,3,9,13H2/t17-/m1/s1. The highest BCUT2D eigenvalue weighted by molar-refractivity contribution is 5.49. The van der Waals surface area contributed by atoms with Crippen molar-refractivity contribution in [2.45, 2.75) is 25.6 Å². The van der Waals surface area contributed by atoms with Crippen molar-refractivity contribution in [2.24, 2.45) is 0 Å². The first-order chi connectivity index (χ1) is 11.1. The second-order valence-corrected chi connectivity index (χ2v) is 5.14. The van der Waals surface area contributed by atoms with E-state index in [0.29, 0.717) is 18.4 Å². The molecule has 0 spiro atoms. The quantitative estimate of drug-likeness (QED) is 0.451. The van der Waals surface area contributed by atoms with Gasteiger partial charge in [-0.15, -0.1) is 6.58 Å². The number of allylic oxidation sites excluding steroid dienone is 1. The maximum atomic E-state index is 11.2. The van der Waals surface area contributed by atoms with Gasteiger partial charge in [0.05, 0.1) is 11.0 Å². The fourth-order valence-corrected chi connectivity index (χ4v) is 2.18. The lowest BCUT2D eigenvalue weighted by atomic mass is 10.0. The molecule has 0 radical (unpaired) electrons. The number of ether oxygens (including phenoxy) is 1. The summed E-state index contributed by atoms with van der Waals surface area (Å²) in [6.07, 6.45) is 2.07. The molecule has 0 bridgehead atoms. The van der Waals surface area contributed by atoms with E-state index in [1.54, 1.807) is 12.1 Å². The van der Waals surface area contributed by atoms with Crippen LogP contribution < -0.4 is 4.74 Å². The highest BCUT2D eigenvalue weighted by Gasteiger charge is 2.19. The molecule has 0 aliphatic heterocycles. The van der Waals surface area contributed by atoms with Gasteiger partial charge in [-0.3, -0.25) is 10.1 Å². The highest BCUT2D eigenvalue weighted by atomic mass is 16.6. The molecule has 5 heteroatoms. The van der Waals surface area contributed by atoms with Gasteiger partial charge < -0.3 is 9.84 Å². The second kappa shape index (κ2) is 8.10. The van der Waals surface area contributed by atoms with E-state index < -0.39 is 11.0 Å². The minimum atomic E-state index is -0.755. The van der Waals surface area contributed by atoms with Gasteiger partial charge in [0, 0.05) is 6.07 Å². The van der Waals surface area contributed by atoms with Crippen LogP contribution in [0.25, 0.3) is 0 Å². The van der Waals surface area contributed by atoms with Gasteiger partial charge in [0.15, 0.2) is 5.75 Å². The Bertz CT molecular complexity index is 670. The number of rotatable bonds is 8. The summed E-state index contributed by atoms with van der Waals surface area (Å²) in [7, 11) is 0. The molecule has 2 rings (SSSR count). The molecule has 0 saturated heterocycles. The average molecular weight is 313 g/mol. The van der Waals surface area contributed by atoms with E-state index in [2.05, 4.69) is 6.58 Å². The summed E-state index contributed by atoms with van der Waals surface area (Å²) in [4.78, 5) is 10.8. The van der Waals surface area contributed by atoms with Crippen molar-refractivity contribution in [3.05, 3.63) is 82.4 Å². The number of aliphatic hydroxyl groups is 1. The van der Waals surface area contributed by atoms with Gasteiger partial charge in [0.25, 0.3) is 0 Å². The van der Waals surface area contributed by atoms with Crippen LogP contribution in [0.1, 0.15) is 30.1 Å². The largest absolute Gasteiger partial charge is 0.482 e. The van der Waals surface area contributed by atoms with Crippen molar-refractivity contribution in [3.8, 4) is 5.75 Å². The third kappa shape index (κ3) is 4.66. The molecule has 1 N–H and O–H groups in total. The van der Waals surface area contributed by atoms with Crippen LogP contribution in [0.4, 0.5) is 5.69 Å². The SMILES string of the molecule is C=CCC[C@@H](O)c1ccc(OCc2ccccc2)c([N+](=O)[O-])c1. The van der Waals surface area contributed by atoms with Gasteiger partial charge in [-0.05, 0) is 30.0 Å². The van der Waals surface area contributed by atoms with Crippen molar-refractivity contribution in [1.82, 2.24) is 0 Å². The minimum Gasteiger partial charge on any atom is -0.482 e. The predicted octanol–water partition coefficient (Wildman–Crippen LogP) is 4.17. The molecule has 0 aliphatic carbocycles. The molecule has 0 unspecified atom stereocenters. The van der Waals surface area contributed by atoms with Crippen molar-refractivity contribution in [2.75, 3.05) is 0 Å². The fourth-order valence-electron chi connectivity index (χ4n) is 2.18. The Hall–Kier alpha value is -2.66. The average Bonchev–Trinajstić information content (AvgIpc) is 2.58. The molecule has 1 atom stereocenters. The predicted molar refractivity (Wildman–Crippen MR) is 88.3 cm³/mol. The lowest BCUT2D eigenvalue weighted by Crippen LogP contribution is -2.02. The monoisotopic (exact) mass is 313 g/mol. The maximum absolute atomic E-state index is 11.2. The molecule has 0 heterocycles. The summed E-state index contributed by atoms with van der Waals surface area (Å²) < 4.78 is 5.56. The van der Waals surface area contributed by atoms with E-state index in [9.17, 15) is 15.2 Å². The summed E-state index contributed by atoms with van der Waals surface area (Å²) in [6.45, 7) is 3.85. The van der Waals surface area contributed by atoms with Crippen molar-refractivity contribution < 1.29 is 14.8 Å². The second-order valence-electron chi connectivity index (χ2n) is 5.14. The third-order valence-electron chi connectivity index (χ3n) is 3.45. The van der Waals surface area contributed by atoms with E-state index in [0.717, 1.165) is 5.56 Å². The Morgan fingerprint density at radius 1 is 1.26 bits per heavy atom. The first-order valence-corrected chi connectivity index (χ1v) is 7.36. The summed E-state index contributed by atoms with van der Waals surface area (Å²) in [5, 5.41) is 21.3. The van der Waals surface area contributed by atoms with Crippen molar-refractivity contribution in [1.29, 1.82) is 0 Å². The van der Waals surface area contributed by atoms with E-state index >= 15 is 0 Å². The van der Waals surface area contributed by atoms with Crippen molar-refractivity contribution in [3.63, 3.8) is 0 Å². The normalized spacial score (nSPS) is 11.7. The summed E-state index contributed by atoms with van der Waals surface area (Å²) in [5.41, 5.74) is 1.29. The minimum absolute atomic E-state index is 0.143. The number of benzene rings is 2. The highest BCUT2D eigenvalue weighted by Crippen LogP contribution is 2.32. The Morgan fingerprint density at radius 3 is 2.65 bits per heavy atom. The molecule has 0 aliphatic rings. The third-order valence-corrected chi connectivity index (χ3v) is 3.45. The summed E-state index contributed by atoms with van der Waals surface area (Å²) in [5.74, 6) is 0.193. The molecule has 23 heavy (non-hydrogen) atoms. The van der Waals surface area contributed by atoms with Crippen LogP contribution in [0.2, 0.25) is 0 Å². The molecule has 0 aromatic heterocycles. The topological polar surface area (TPSA) is 72.6 Å². The van der Waals surface area contributed by atoms with Crippen LogP contribution in [0.5, 0.6) is 5.75 Å². The van der Waals surface area contributed by atoms with Gasteiger partial charge in [0.1, 0.15) is 6.61 Å². The summed E-state index contributed by atoms with van der Waals surface area (Å²) in [6, 6.07) is 14.0. The molecule has 120 valence electrons. The van der Waals surface area contributed by atoms with Gasteiger partial charge in [-0.1, -0.05) is 42.5 Å². The number of hydrogen-bond donors (Lipinski definition) is 1. The van der Waals surface area contributed by atoms with Gasteiger partial charge >= 0.3 is 5.69 Å². The molecule has 0 amide bonds. The first kappa shape index (κ1) is 16.7. The smallest absolute Gasteiger partial charge is 0.311 e. The molecule has 2 aromatic carbocycles. The molecule has 0 fully saturated rings. The number of nitrogens with zero attached hydrogens (tertiary/aromatic N) is 1. The molecule has 2 aromatic rings. The fraction of sp³-hybridized carbons (Fsp3) is 0.222. The Morgan fingerprint density at radius 2 is 2.00 bits per heavy atom. The van der Waals surface area contributed by atoms with Crippen LogP contribution >= 0.6 is 0 Å². The Labute approximate surface area is 135 Å². The van der Waals surface area contributed by atoms with Gasteiger partial charge in [0.2, 0.25) is 0 Å². The zero-order valence-electron chi connectivity index (χ0n) is 12.7. The van der Waals surface area contributed by atoms with Crippen LogP contribution in [0.3, 0.4) is 0 Å². The lowest BCUT2D eigenvalue weighted by Gasteiger charge is -2.12. The number of aliphatic hydroxyl groups excluding tert-OH is 1. The zero-order chi connectivity index (χ0) is 16.7. The maximum Gasteiger partial charge on any atom is 0.311 e. The van der Waals surface area contributed by atoms with Crippen LogP contribution in [-0.2, 0) is 6.61 Å². The number of hydrogen-bond acceptors (Lipinski definition) is 4. The molecule has 0 saturated carbocycles. The van der Waals surface area contributed by atoms with E-state index in [-0.39, 0.29) is 18.0 Å². The van der Waals surface area contributed by atoms with Crippen molar-refractivity contribution >= 4 is 5.69 Å². The first-order valence-electron chi connectivity index (χ1n) is 7.36. The summed E-state index contributed by atoms with van der Waals surface area (Å²) >= 11 is 0. The van der Waals surface area contributed by atoms with E-state index in [1.165, 1.54) is 12.1 Å². The van der Waals surface area contributed by atoms with E-state index in [4.69, 9.17) is 4.74 Å².